The third kappa shape index (κ3) is 1.67. The van der Waals surface area contributed by atoms with Gasteiger partial charge in [-0.3, -0.25) is 0 Å². The van der Waals surface area contributed by atoms with Gasteiger partial charge in [0.25, 0.3) is 5.92 Å². The molecule has 3 nitrogen and oxygen atoms in total. The SMILES string of the molecule is CS(=O)(=O)CC1(N)CC1(F)F. The summed E-state index contributed by atoms with van der Waals surface area (Å²) in [6.07, 6.45) is 0.378. The number of nitrogens with two attached hydrogens (primary N) is 1. The van der Waals surface area contributed by atoms with Crippen molar-refractivity contribution in [3.05, 3.63) is 0 Å². The Kier molecular flexibility index (Phi) is 1.55. The Labute approximate surface area is 63.5 Å². The zero-order chi connectivity index (χ0) is 8.91. The van der Waals surface area contributed by atoms with Crippen molar-refractivity contribution in [3.63, 3.8) is 0 Å². The van der Waals surface area contributed by atoms with Crippen LogP contribution in [0.1, 0.15) is 6.42 Å². The molecule has 1 unspecified atom stereocenters. The van der Waals surface area contributed by atoms with Crippen molar-refractivity contribution in [2.45, 2.75) is 17.9 Å². The van der Waals surface area contributed by atoms with Crippen LogP contribution in [0, 0.1) is 0 Å². The summed E-state index contributed by atoms with van der Waals surface area (Å²) in [5.74, 6) is -3.62. The van der Waals surface area contributed by atoms with Gasteiger partial charge in [0.05, 0.1) is 11.3 Å². The lowest BCUT2D eigenvalue weighted by molar-refractivity contribution is 0.0943. The largest absolute Gasteiger partial charge is 0.319 e. The van der Waals surface area contributed by atoms with Crippen molar-refractivity contribution in [3.8, 4) is 0 Å². The maximum absolute atomic E-state index is 12.3. The van der Waals surface area contributed by atoms with Gasteiger partial charge >= 0.3 is 0 Å². The van der Waals surface area contributed by atoms with Gasteiger partial charge in [-0.25, -0.2) is 17.2 Å². The van der Waals surface area contributed by atoms with Crippen LogP contribution >= 0.6 is 0 Å². The molecule has 0 amide bonds. The van der Waals surface area contributed by atoms with Crippen LogP contribution in [0.25, 0.3) is 0 Å². The second-order valence-corrected chi connectivity index (χ2v) is 5.25. The number of alkyl halides is 2. The molecule has 6 heteroatoms. The van der Waals surface area contributed by atoms with Crippen LogP contribution in [0.3, 0.4) is 0 Å². The van der Waals surface area contributed by atoms with E-state index in [1.165, 1.54) is 0 Å². The summed E-state index contributed by atoms with van der Waals surface area (Å²) in [5, 5.41) is 0. The van der Waals surface area contributed by atoms with Crippen LogP contribution in [-0.2, 0) is 9.84 Å². The lowest BCUT2D eigenvalue weighted by Gasteiger charge is -2.06. The second-order valence-electron chi connectivity index (χ2n) is 3.11. The smallest absolute Gasteiger partial charge is 0.268 e. The number of halogens is 2. The lowest BCUT2D eigenvalue weighted by Crippen LogP contribution is -2.37. The Morgan fingerprint density at radius 3 is 2.00 bits per heavy atom. The van der Waals surface area contributed by atoms with Crippen molar-refractivity contribution in [1.29, 1.82) is 0 Å². The molecule has 1 fully saturated rings. The molecule has 0 spiro atoms. The van der Waals surface area contributed by atoms with Crippen LogP contribution in [0.4, 0.5) is 8.78 Å². The maximum atomic E-state index is 12.3. The van der Waals surface area contributed by atoms with Crippen molar-refractivity contribution in [2.24, 2.45) is 5.73 Å². The molecule has 1 saturated carbocycles. The van der Waals surface area contributed by atoms with Crippen molar-refractivity contribution in [2.75, 3.05) is 12.0 Å². The van der Waals surface area contributed by atoms with E-state index in [9.17, 15) is 17.2 Å². The minimum atomic E-state index is -3.40. The highest BCUT2D eigenvalue weighted by molar-refractivity contribution is 7.90. The Hall–Kier alpha value is -0.230. The topological polar surface area (TPSA) is 60.2 Å². The van der Waals surface area contributed by atoms with E-state index >= 15 is 0 Å². The van der Waals surface area contributed by atoms with Gasteiger partial charge in [-0.05, 0) is 0 Å². The zero-order valence-corrected chi connectivity index (χ0v) is 6.79. The van der Waals surface area contributed by atoms with E-state index in [0.29, 0.717) is 0 Å². The van der Waals surface area contributed by atoms with Gasteiger partial charge in [0.1, 0.15) is 9.84 Å². The minimum Gasteiger partial charge on any atom is -0.319 e. The first-order chi connectivity index (χ1) is 4.66. The molecule has 11 heavy (non-hydrogen) atoms. The highest BCUT2D eigenvalue weighted by Crippen LogP contribution is 2.51. The Balaban J connectivity index is 2.68. The highest BCUT2D eigenvalue weighted by Gasteiger charge is 2.69. The van der Waals surface area contributed by atoms with Gasteiger partial charge in [-0.15, -0.1) is 0 Å². The molecule has 0 bridgehead atoms. The molecule has 0 aromatic carbocycles. The van der Waals surface area contributed by atoms with Crippen LogP contribution in [0.15, 0.2) is 0 Å². The van der Waals surface area contributed by atoms with Crippen molar-refractivity contribution < 1.29 is 17.2 Å². The van der Waals surface area contributed by atoms with E-state index in [0.717, 1.165) is 6.26 Å². The third-order valence-corrected chi connectivity index (χ3v) is 2.70. The highest BCUT2D eigenvalue weighted by atomic mass is 32.2. The number of rotatable bonds is 2. The predicted molar refractivity (Wildman–Crippen MR) is 36.2 cm³/mol. The number of hydrogen-bond donors (Lipinski definition) is 1. The molecule has 0 aliphatic heterocycles. The molecule has 0 saturated heterocycles. The van der Waals surface area contributed by atoms with Crippen LogP contribution in [-0.4, -0.2) is 31.9 Å². The van der Waals surface area contributed by atoms with E-state index in [4.69, 9.17) is 5.73 Å². The van der Waals surface area contributed by atoms with Crippen LogP contribution in [0.2, 0.25) is 0 Å². The molecule has 1 rings (SSSR count). The Bertz CT molecular complexity index is 274. The van der Waals surface area contributed by atoms with E-state index in [2.05, 4.69) is 0 Å². The summed E-state index contributed by atoms with van der Waals surface area (Å²) >= 11 is 0. The summed E-state index contributed by atoms with van der Waals surface area (Å²) in [6.45, 7) is 0. The molecule has 1 aliphatic carbocycles. The number of hydrogen-bond acceptors (Lipinski definition) is 3. The first-order valence-electron chi connectivity index (χ1n) is 3.01. The molecule has 0 radical (unpaired) electrons. The summed E-state index contributed by atoms with van der Waals surface area (Å²) < 4.78 is 45.8. The normalized spacial score (nSPS) is 35.3. The molecule has 1 atom stereocenters. The van der Waals surface area contributed by atoms with Gasteiger partial charge in [0, 0.05) is 12.7 Å². The van der Waals surface area contributed by atoms with Crippen molar-refractivity contribution >= 4 is 9.84 Å². The second kappa shape index (κ2) is 1.92. The molecule has 0 aromatic rings. The predicted octanol–water partition coefficient (Wildman–Crippen LogP) is -0.233. The number of sulfone groups is 1. The Morgan fingerprint density at radius 1 is 1.55 bits per heavy atom. The van der Waals surface area contributed by atoms with Gasteiger partial charge in [0.2, 0.25) is 0 Å². The molecular formula is C5H9F2NO2S. The van der Waals surface area contributed by atoms with Gasteiger partial charge < -0.3 is 5.73 Å². The van der Waals surface area contributed by atoms with E-state index in [1.807, 2.05) is 0 Å². The summed E-state index contributed by atoms with van der Waals surface area (Å²) in [6, 6.07) is 0. The zero-order valence-electron chi connectivity index (χ0n) is 5.97. The van der Waals surface area contributed by atoms with Gasteiger partial charge in [0.15, 0.2) is 0 Å². The summed E-state index contributed by atoms with van der Waals surface area (Å²) in [4.78, 5) is 0. The average Bonchev–Trinajstić information content (AvgIpc) is 1.96. The molecule has 66 valence electrons. The summed E-state index contributed by atoms with van der Waals surface area (Å²) in [5.41, 5.74) is 3.29. The minimum absolute atomic E-state index is 0.521. The standard InChI is InChI=1S/C5H9F2NO2S/c1-11(9,10)3-4(8)2-5(4,6)7/h2-3,8H2,1H3. The first kappa shape index (κ1) is 8.86. The average molecular weight is 185 g/mol. The fourth-order valence-corrected chi connectivity index (χ4v) is 2.23. The lowest BCUT2D eigenvalue weighted by atomic mass is 10.3. The molecule has 0 heterocycles. The van der Waals surface area contributed by atoms with E-state index in [1.54, 1.807) is 0 Å². The van der Waals surface area contributed by atoms with Crippen LogP contribution < -0.4 is 5.73 Å². The molecular weight excluding hydrogens is 176 g/mol. The summed E-state index contributed by atoms with van der Waals surface area (Å²) in [7, 11) is -3.40. The van der Waals surface area contributed by atoms with E-state index < -0.39 is 33.5 Å². The first-order valence-corrected chi connectivity index (χ1v) is 5.07. The van der Waals surface area contributed by atoms with Crippen molar-refractivity contribution in [1.82, 2.24) is 0 Å². The van der Waals surface area contributed by atoms with Gasteiger partial charge in [-0.1, -0.05) is 0 Å². The quantitative estimate of drug-likeness (QED) is 0.646. The Morgan fingerprint density at radius 2 is 1.91 bits per heavy atom. The fraction of sp³-hybridized carbons (Fsp3) is 1.00. The molecule has 1 aliphatic rings. The van der Waals surface area contributed by atoms with E-state index in [-0.39, 0.29) is 0 Å². The van der Waals surface area contributed by atoms with Crippen LogP contribution in [0.5, 0.6) is 0 Å². The maximum Gasteiger partial charge on any atom is 0.268 e. The molecule has 0 aromatic heterocycles. The fourth-order valence-electron chi connectivity index (χ4n) is 0.976. The molecule has 2 N–H and O–H groups in total. The third-order valence-electron chi connectivity index (χ3n) is 1.66. The van der Waals surface area contributed by atoms with Gasteiger partial charge in [-0.2, -0.15) is 0 Å². The monoisotopic (exact) mass is 185 g/mol.